The van der Waals surface area contributed by atoms with Crippen LogP contribution in [0, 0.1) is 0 Å². The van der Waals surface area contributed by atoms with Crippen LogP contribution in [0.5, 0.6) is 0 Å². The Labute approximate surface area is 376 Å². The Morgan fingerprint density at radius 3 is 1.06 bits per heavy atom. The molecule has 13 nitrogen and oxygen atoms in total. The second-order valence-electron chi connectivity index (χ2n) is 18.0. The molecule has 62 heavy (non-hydrogen) atoms. The van der Waals surface area contributed by atoms with E-state index in [1.165, 1.54) is 161 Å². The van der Waals surface area contributed by atoms with Crippen LogP contribution in [0.1, 0.15) is 239 Å². The number of esters is 2. The van der Waals surface area contributed by atoms with Gasteiger partial charge in [0.1, 0.15) is 43.2 Å². The maximum Gasteiger partial charge on any atom is 0.472 e. The summed E-state index contributed by atoms with van der Waals surface area (Å²) in [6.07, 6.45) is 27.3. The third kappa shape index (κ3) is 30.9. The molecule has 0 radical (unpaired) electrons. The van der Waals surface area contributed by atoms with Crippen LogP contribution >= 0.6 is 7.82 Å². The van der Waals surface area contributed by atoms with Crippen molar-refractivity contribution in [2.24, 2.45) is 0 Å². The highest BCUT2D eigenvalue weighted by Crippen LogP contribution is 2.47. The van der Waals surface area contributed by atoms with Crippen molar-refractivity contribution in [1.82, 2.24) is 0 Å². The van der Waals surface area contributed by atoms with Crippen molar-refractivity contribution in [2.75, 3.05) is 13.2 Å². The normalized spacial score (nSPS) is 21.7. The van der Waals surface area contributed by atoms with Gasteiger partial charge in [0, 0.05) is 12.8 Å². The first-order chi connectivity index (χ1) is 29.9. The van der Waals surface area contributed by atoms with E-state index in [2.05, 4.69) is 13.8 Å². The summed E-state index contributed by atoms with van der Waals surface area (Å²) < 4.78 is 33.6. The Morgan fingerprint density at radius 1 is 0.435 bits per heavy atom. The van der Waals surface area contributed by atoms with Crippen molar-refractivity contribution in [3.8, 4) is 0 Å². The second kappa shape index (κ2) is 39.1. The average Bonchev–Trinajstić information content (AvgIpc) is 3.25. The number of carbonyl (C=O) groups excluding carboxylic acids is 2. The summed E-state index contributed by atoms with van der Waals surface area (Å²) in [6, 6.07) is 0. The van der Waals surface area contributed by atoms with Crippen LogP contribution in [0.4, 0.5) is 0 Å². The molecule has 0 bridgehead atoms. The van der Waals surface area contributed by atoms with Crippen molar-refractivity contribution >= 4 is 19.8 Å². The molecule has 1 aliphatic carbocycles. The molecule has 0 amide bonds. The highest BCUT2D eigenvalue weighted by atomic mass is 31.2. The Balaban J connectivity index is 2.34. The minimum Gasteiger partial charge on any atom is -0.462 e. The molecule has 6 N–H and O–H groups in total. The number of phosphoric acid groups is 1. The predicted octanol–water partition coefficient (Wildman–Crippen LogP) is 10.5. The summed E-state index contributed by atoms with van der Waals surface area (Å²) in [5.41, 5.74) is 0. The van der Waals surface area contributed by atoms with E-state index in [1.54, 1.807) is 0 Å². The molecule has 368 valence electrons. The Morgan fingerprint density at radius 2 is 0.726 bits per heavy atom. The highest BCUT2D eigenvalue weighted by molar-refractivity contribution is 7.47. The molecule has 1 aliphatic rings. The Kier molecular flexibility index (Phi) is 37.1. The summed E-state index contributed by atoms with van der Waals surface area (Å²) in [6.45, 7) is 3.33. The molecule has 6 unspecified atom stereocenters. The molecule has 1 fully saturated rings. The van der Waals surface area contributed by atoms with Crippen LogP contribution < -0.4 is 0 Å². The lowest BCUT2D eigenvalue weighted by Crippen LogP contribution is -2.64. The monoisotopic (exact) mass is 909 g/mol. The van der Waals surface area contributed by atoms with E-state index in [-0.39, 0.29) is 12.8 Å². The number of hydrogen-bond acceptors (Lipinski definition) is 12. The first kappa shape index (κ1) is 58.9. The molecule has 0 spiro atoms. The maximum atomic E-state index is 12.8. The summed E-state index contributed by atoms with van der Waals surface area (Å²) in [5, 5.41) is 50.2. The molecule has 0 saturated heterocycles. The zero-order valence-corrected chi connectivity index (χ0v) is 40.1. The van der Waals surface area contributed by atoms with E-state index >= 15 is 0 Å². The number of rotatable bonds is 43. The smallest absolute Gasteiger partial charge is 0.462 e. The van der Waals surface area contributed by atoms with Crippen molar-refractivity contribution in [3.05, 3.63) is 0 Å². The van der Waals surface area contributed by atoms with E-state index in [4.69, 9.17) is 18.5 Å². The van der Waals surface area contributed by atoms with E-state index in [0.29, 0.717) is 12.8 Å². The Bertz CT molecular complexity index is 1100. The molecule has 0 aromatic rings. The lowest BCUT2D eigenvalue weighted by atomic mass is 9.85. The number of unbranched alkanes of at least 4 members (excludes halogenated alkanes) is 31. The lowest BCUT2D eigenvalue weighted by molar-refractivity contribution is -0.220. The first-order valence-corrected chi connectivity index (χ1v) is 26.8. The maximum absolute atomic E-state index is 12.8. The largest absolute Gasteiger partial charge is 0.472 e. The number of phosphoric ester groups is 1. The average molecular weight is 909 g/mol. The van der Waals surface area contributed by atoms with Crippen LogP contribution in [0.15, 0.2) is 0 Å². The fourth-order valence-electron chi connectivity index (χ4n) is 8.11. The number of ether oxygens (including phenoxy) is 2. The van der Waals surface area contributed by atoms with Crippen LogP contribution in [0.3, 0.4) is 0 Å². The zero-order chi connectivity index (χ0) is 45.7. The van der Waals surface area contributed by atoms with Gasteiger partial charge in [0.15, 0.2) is 6.10 Å². The van der Waals surface area contributed by atoms with Crippen LogP contribution in [-0.4, -0.2) is 98.3 Å². The highest BCUT2D eigenvalue weighted by Gasteiger charge is 2.51. The van der Waals surface area contributed by atoms with E-state index in [9.17, 15) is 44.6 Å². The summed E-state index contributed by atoms with van der Waals surface area (Å²) >= 11 is 0. The molecule has 1 saturated carbocycles. The molecule has 0 aromatic heterocycles. The minimum atomic E-state index is -5.11. The fourth-order valence-corrected chi connectivity index (χ4v) is 9.09. The molecular weight excluding hydrogens is 815 g/mol. The van der Waals surface area contributed by atoms with Crippen molar-refractivity contribution in [3.63, 3.8) is 0 Å². The Hall–Kier alpha value is -1.15. The molecule has 0 aromatic carbocycles. The summed E-state index contributed by atoms with van der Waals surface area (Å²) in [4.78, 5) is 35.7. The van der Waals surface area contributed by atoms with Crippen LogP contribution in [0.25, 0.3) is 0 Å². The lowest BCUT2D eigenvalue weighted by Gasteiger charge is -2.41. The molecular formula is C48H93O13P. The molecule has 14 heteroatoms. The summed E-state index contributed by atoms with van der Waals surface area (Å²) in [5.74, 6) is -1.08. The fraction of sp³-hybridized carbons (Fsp3) is 0.958. The number of hydrogen-bond donors (Lipinski definition) is 6. The van der Waals surface area contributed by atoms with Gasteiger partial charge in [0.25, 0.3) is 0 Å². The molecule has 1 rings (SSSR count). The van der Waals surface area contributed by atoms with Gasteiger partial charge in [-0.15, -0.1) is 0 Å². The minimum absolute atomic E-state index is 0.104. The first-order valence-electron chi connectivity index (χ1n) is 25.3. The summed E-state index contributed by atoms with van der Waals surface area (Å²) in [7, 11) is -5.11. The van der Waals surface area contributed by atoms with Gasteiger partial charge in [-0.2, -0.15) is 0 Å². The standard InChI is InChI=1S/C48H93O13P/c1-3-5-7-9-11-13-15-17-18-19-20-21-22-23-24-25-27-28-30-32-34-36-41(49)58-38-40(60-42(50)37-35-33-31-29-26-16-14-12-10-8-6-4-2)39-59-62(56,57)61-48-46(54)44(52)43(51)45(53)47(48)55/h40,43-48,51-55H,3-39H2,1-2H3,(H,56,57)/t40-,43?,44-,45?,46?,47?,48?/m0/s1. The van der Waals surface area contributed by atoms with Gasteiger partial charge in [0.05, 0.1) is 6.61 Å². The van der Waals surface area contributed by atoms with Gasteiger partial charge in [-0.25, -0.2) is 4.57 Å². The number of carbonyl (C=O) groups is 2. The van der Waals surface area contributed by atoms with Gasteiger partial charge in [-0.3, -0.25) is 18.6 Å². The van der Waals surface area contributed by atoms with E-state index in [0.717, 1.165) is 38.5 Å². The van der Waals surface area contributed by atoms with E-state index in [1.807, 2.05) is 0 Å². The van der Waals surface area contributed by atoms with Gasteiger partial charge in [0.2, 0.25) is 0 Å². The van der Waals surface area contributed by atoms with Crippen molar-refractivity contribution < 1.29 is 63.1 Å². The van der Waals surface area contributed by atoms with Crippen molar-refractivity contribution in [2.45, 2.75) is 281 Å². The quantitative estimate of drug-likeness (QED) is 0.0191. The van der Waals surface area contributed by atoms with Gasteiger partial charge >= 0.3 is 19.8 Å². The zero-order valence-electron chi connectivity index (χ0n) is 39.2. The third-order valence-electron chi connectivity index (χ3n) is 12.2. The van der Waals surface area contributed by atoms with Gasteiger partial charge in [-0.05, 0) is 12.8 Å². The van der Waals surface area contributed by atoms with E-state index < -0.39 is 75.7 Å². The molecule has 8 atom stereocenters. The number of aliphatic hydroxyl groups is 5. The van der Waals surface area contributed by atoms with Crippen LogP contribution in [-0.2, 0) is 32.7 Å². The van der Waals surface area contributed by atoms with Gasteiger partial charge < -0.3 is 39.9 Å². The molecule has 0 heterocycles. The molecule has 0 aliphatic heterocycles. The van der Waals surface area contributed by atoms with Gasteiger partial charge in [-0.1, -0.05) is 213 Å². The third-order valence-corrected chi connectivity index (χ3v) is 13.2. The second-order valence-corrected chi connectivity index (χ2v) is 19.4. The topological polar surface area (TPSA) is 210 Å². The number of aliphatic hydroxyl groups excluding tert-OH is 5. The predicted molar refractivity (Wildman–Crippen MR) is 244 cm³/mol. The van der Waals surface area contributed by atoms with Crippen molar-refractivity contribution in [1.29, 1.82) is 0 Å². The SMILES string of the molecule is CCCCCCCCCCCCCCCCCCCCCCCC(=O)OC[C@@H](COP(=O)(O)OC1C(O)C(O)C(O)[C@H](O)C1O)OC(=O)CCCCCCCCCCCCCC. The van der Waals surface area contributed by atoms with Crippen LogP contribution in [0.2, 0.25) is 0 Å².